The van der Waals surface area contributed by atoms with Gasteiger partial charge >= 0.3 is 0 Å². The number of nitrogens with one attached hydrogen (secondary N) is 1. The van der Waals surface area contributed by atoms with Crippen molar-refractivity contribution < 1.29 is 18.4 Å². The molecule has 1 aliphatic heterocycles. The second-order valence-electron chi connectivity index (χ2n) is 7.86. The summed E-state index contributed by atoms with van der Waals surface area (Å²) in [5.41, 5.74) is 1.20. The molecule has 0 atom stereocenters. The summed E-state index contributed by atoms with van der Waals surface area (Å²) < 4.78 is 19.8. The second-order valence-corrected chi connectivity index (χ2v) is 7.86. The van der Waals surface area contributed by atoms with Gasteiger partial charge in [0.15, 0.2) is 5.76 Å². The Bertz CT molecular complexity index is 1090. The number of amides is 2. The highest BCUT2D eigenvalue weighted by atomic mass is 19.1. The van der Waals surface area contributed by atoms with Gasteiger partial charge in [-0.25, -0.2) is 9.37 Å². The van der Waals surface area contributed by atoms with Gasteiger partial charge in [-0.3, -0.25) is 9.59 Å². The molecule has 0 bridgehead atoms. The predicted molar refractivity (Wildman–Crippen MR) is 119 cm³/mol. The zero-order valence-electron chi connectivity index (χ0n) is 17.9. The first-order valence-corrected chi connectivity index (χ1v) is 11.0. The molecule has 1 saturated heterocycles. The van der Waals surface area contributed by atoms with Crippen molar-refractivity contribution in [3.63, 3.8) is 0 Å². The third-order valence-corrected chi connectivity index (χ3v) is 5.63. The number of carbonyl (C=O) groups is 2. The van der Waals surface area contributed by atoms with Crippen molar-refractivity contribution in [2.45, 2.75) is 32.1 Å². The highest BCUT2D eigenvalue weighted by molar-refractivity contribution is 6.00. The van der Waals surface area contributed by atoms with E-state index in [0.29, 0.717) is 16.7 Å². The number of oxazole rings is 1. The van der Waals surface area contributed by atoms with E-state index in [-0.39, 0.29) is 36.4 Å². The number of hydrogen-bond donors (Lipinski definition) is 1. The molecule has 1 aromatic heterocycles. The Balaban J connectivity index is 1.43. The Kier molecular flexibility index (Phi) is 6.94. The summed E-state index contributed by atoms with van der Waals surface area (Å²) in [5.74, 6) is -0.126. The normalized spacial score (nSPS) is 14.1. The van der Waals surface area contributed by atoms with Crippen molar-refractivity contribution >= 4 is 11.8 Å². The molecule has 1 fully saturated rings. The van der Waals surface area contributed by atoms with E-state index in [0.717, 1.165) is 38.8 Å². The van der Waals surface area contributed by atoms with E-state index in [1.807, 2.05) is 4.90 Å². The minimum Gasteiger partial charge on any atom is -0.436 e. The summed E-state index contributed by atoms with van der Waals surface area (Å²) in [5, 5.41) is 2.83. The van der Waals surface area contributed by atoms with Crippen LogP contribution < -0.4 is 5.32 Å². The highest BCUT2D eigenvalue weighted by Gasteiger charge is 2.19. The monoisotopic (exact) mass is 435 g/mol. The molecule has 1 N–H and O–H groups in total. The minimum absolute atomic E-state index is 0.0720. The number of carbonyl (C=O) groups excluding carboxylic acids is 2. The van der Waals surface area contributed by atoms with Crippen LogP contribution >= 0.6 is 0 Å². The Labute approximate surface area is 186 Å². The molecule has 2 amide bonds. The largest absolute Gasteiger partial charge is 0.436 e. The summed E-state index contributed by atoms with van der Waals surface area (Å²) in [6.07, 6.45) is 6.12. The summed E-state index contributed by atoms with van der Waals surface area (Å²) in [6.45, 7) is 1.85. The van der Waals surface area contributed by atoms with Gasteiger partial charge in [-0.05, 0) is 37.1 Å². The van der Waals surface area contributed by atoms with Gasteiger partial charge in [-0.1, -0.05) is 37.1 Å². The Morgan fingerprint density at radius 2 is 1.66 bits per heavy atom. The van der Waals surface area contributed by atoms with Crippen LogP contribution in [0.2, 0.25) is 0 Å². The van der Waals surface area contributed by atoms with Crippen molar-refractivity contribution in [1.29, 1.82) is 0 Å². The van der Waals surface area contributed by atoms with Crippen molar-refractivity contribution in [3.8, 4) is 22.8 Å². The second kappa shape index (κ2) is 10.2. The van der Waals surface area contributed by atoms with Gasteiger partial charge in [0.25, 0.3) is 5.91 Å². The number of halogens is 1. The lowest BCUT2D eigenvalue weighted by molar-refractivity contribution is -0.131. The van der Waals surface area contributed by atoms with Crippen LogP contribution in [0.5, 0.6) is 0 Å². The highest BCUT2D eigenvalue weighted by Crippen LogP contribution is 2.29. The number of aromatic nitrogens is 1. The molecule has 0 spiro atoms. The van der Waals surface area contributed by atoms with E-state index in [1.165, 1.54) is 12.3 Å². The van der Waals surface area contributed by atoms with Crippen LogP contribution in [0.4, 0.5) is 4.39 Å². The van der Waals surface area contributed by atoms with Gasteiger partial charge < -0.3 is 14.6 Å². The quantitative estimate of drug-likeness (QED) is 0.611. The van der Waals surface area contributed by atoms with E-state index < -0.39 is 5.82 Å². The smallest absolute Gasteiger partial charge is 0.252 e. The van der Waals surface area contributed by atoms with Crippen molar-refractivity contribution in [1.82, 2.24) is 15.2 Å². The molecule has 0 radical (unpaired) electrons. The predicted octanol–water partition coefficient (Wildman–Crippen LogP) is 4.67. The fourth-order valence-corrected chi connectivity index (χ4v) is 3.91. The maximum atomic E-state index is 14.1. The van der Waals surface area contributed by atoms with Crippen LogP contribution in [0.15, 0.2) is 59.1 Å². The molecular formula is C25H26FN3O3. The maximum Gasteiger partial charge on any atom is 0.252 e. The van der Waals surface area contributed by atoms with Crippen molar-refractivity contribution in [3.05, 3.63) is 66.1 Å². The van der Waals surface area contributed by atoms with Gasteiger partial charge in [-0.2, -0.15) is 0 Å². The third kappa shape index (κ3) is 5.04. The number of nitrogens with zero attached hydrogens (tertiary/aromatic N) is 2. The molecule has 2 aromatic carbocycles. The van der Waals surface area contributed by atoms with Crippen LogP contribution in [0.3, 0.4) is 0 Å². The molecule has 166 valence electrons. The molecule has 0 unspecified atom stereocenters. The van der Waals surface area contributed by atoms with Crippen LogP contribution in [-0.2, 0) is 4.79 Å². The first-order chi connectivity index (χ1) is 15.6. The maximum absolute atomic E-state index is 14.1. The Morgan fingerprint density at radius 3 is 2.41 bits per heavy atom. The lowest BCUT2D eigenvalue weighted by atomic mass is 10.1. The van der Waals surface area contributed by atoms with Gasteiger partial charge in [-0.15, -0.1) is 0 Å². The molecule has 1 aliphatic rings. The topological polar surface area (TPSA) is 75.4 Å². The van der Waals surface area contributed by atoms with E-state index in [9.17, 15) is 14.0 Å². The minimum atomic E-state index is -0.407. The van der Waals surface area contributed by atoms with Crippen LogP contribution in [0, 0.1) is 5.82 Å². The molecule has 7 heteroatoms. The van der Waals surface area contributed by atoms with Crippen molar-refractivity contribution in [2.75, 3.05) is 19.6 Å². The average molecular weight is 435 g/mol. The van der Waals surface area contributed by atoms with Gasteiger partial charge in [0, 0.05) is 31.6 Å². The van der Waals surface area contributed by atoms with E-state index in [2.05, 4.69) is 10.3 Å². The van der Waals surface area contributed by atoms with E-state index in [1.54, 1.807) is 42.5 Å². The molecule has 2 heterocycles. The number of rotatable bonds is 6. The van der Waals surface area contributed by atoms with E-state index in [4.69, 9.17) is 4.42 Å². The fourth-order valence-electron chi connectivity index (χ4n) is 3.91. The number of likely N-dealkylation sites (tertiary alicyclic amines) is 1. The lowest BCUT2D eigenvalue weighted by Crippen LogP contribution is -2.35. The summed E-state index contributed by atoms with van der Waals surface area (Å²) >= 11 is 0. The lowest BCUT2D eigenvalue weighted by Gasteiger charge is -2.20. The molecule has 6 nitrogen and oxygen atoms in total. The van der Waals surface area contributed by atoms with Crippen LogP contribution in [0.25, 0.3) is 22.8 Å². The molecule has 0 aliphatic carbocycles. The first-order valence-electron chi connectivity index (χ1n) is 11.0. The third-order valence-electron chi connectivity index (χ3n) is 5.63. The van der Waals surface area contributed by atoms with Gasteiger partial charge in [0.05, 0.1) is 17.3 Å². The molecule has 32 heavy (non-hydrogen) atoms. The zero-order chi connectivity index (χ0) is 22.3. The molecule has 0 saturated carbocycles. The molecule has 3 aromatic rings. The SMILES string of the molecule is O=C(NCCC(=O)N1CCCCCC1)c1ccccc1-c1ncc(-c2ccccc2F)o1. The molecular weight excluding hydrogens is 409 g/mol. The van der Waals surface area contributed by atoms with Crippen LogP contribution in [-0.4, -0.2) is 41.3 Å². The van der Waals surface area contributed by atoms with Gasteiger partial charge in [0.1, 0.15) is 5.82 Å². The Hall–Kier alpha value is -3.48. The fraction of sp³-hybridized carbons (Fsp3) is 0.320. The van der Waals surface area contributed by atoms with Gasteiger partial charge in [0.2, 0.25) is 11.8 Å². The summed E-state index contributed by atoms with van der Waals surface area (Å²) in [4.78, 5) is 31.4. The summed E-state index contributed by atoms with van der Waals surface area (Å²) in [7, 11) is 0. The van der Waals surface area contributed by atoms with Crippen molar-refractivity contribution in [2.24, 2.45) is 0 Å². The van der Waals surface area contributed by atoms with Crippen LogP contribution in [0.1, 0.15) is 42.5 Å². The standard InChI is InChI=1S/C25H26FN3O3/c26-21-12-6-5-11-20(21)22-17-28-25(32-22)19-10-4-3-9-18(19)24(31)27-14-13-23(30)29-15-7-1-2-8-16-29/h3-6,9-12,17H,1-2,7-8,13-16H2,(H,27,31). The van der Waals surface area contributed by atoms with E-state index >= 15 is 0 Å². The first kappa shape index (κ1) is 21.7. The summed E-state index contributed by atoms with van der Waals surface area (Å²) in [6, 6.07) is 13.2. The molecule has 4 rings (SSSR count). The number of hydrogen-bond acceptors (Lipinski definition) is 4. The number of benzene rings is 2. The Morgan fingerprint density at radius 1 is 0.969 bits per heavy atom. The average Bonchev–Trinajstić information content (AvgIpc) is 3.13. The zero-order valence-corrected chi connectivity index (χ0v) is 17.9.